The van der Waals surface area contributed by atoms with Crippen molar-refractivity contribution >= 4 is 11.6 Å². The lowest BCUT2D eigenvalue weighted by atomic mass is 10.2. The lowest BCUT2D eigenvalue weighted by molar-refractivity contribution is 0.102. The Kier molecular flexibility index (Phi) is 4.03. The van der Waals surface area contributed by atoms with Gasteiger partial charge in [-0.2, -0.15) is 0 Å². The van der Waals surface area contributed by atoms with Crippen molar-refractivity contribution in [3.63, 3.8) is 0 Å². The van der Waals surface area contributed by atoms with Crippen LogP contribution in [0, 0.1) is 0 Å². The first kappa shape index (κ1) is 13.0. The molecule has 19 heavy (non-hydrogen) atoms. The molecule has 0 fully saturated rings. The number of nitrogens with one attached hydrogen (secondary N) is 1. The molecule has 2 N–H and O–H groups in total. The van der Waals surface area contributed by atoms with E-state index in [1.807, 2.05) is 19.1 Å². The number of ether oxygens (including phenoxy) is 1. The SMILES string of the molecule is CCOc1cccc(NC(=O)c2ccc(O)cc2)c1. The van der Waals surface area contributed by atoms with E-state index in [9.17, 15) is 9.90 Å². The van der Waals surface area contributed by atoms with Crippen molar-refractivity contribution in [2.24, 2.45) is 0 Å². The Balaban J connectivity index is 2.10. The van der Waals surface area contributed by atoms with Crippen LogP contribution in [0.4, 0.5) is 5.69 Å². The van der Waals surface area contributed by atoms with Crippen LogP contribution in [0.25, 0.3) is 0 Å². The number of aromatic hydroxyl groups is 1. The minimum absolute atomic E-state index is 0.134. The number of amides is 1. The van der Waals surface area contributed by atoms with E-state index in [1.165, 1.54) is 12.1 Å². The zero-order chi connectivity index (χ0) is 13.7. The number of carbonyl (C=O) groups excluding carboxylic acids is 1. The molecule has 0 unspecified atom stereocenters. The normalized spacial score (nSPS) is 9.95. The molecule has 0 aliphatic heterocycles. The molecule has 0 aliphatic carbocycles. The Morgan fingerprint density at radius 1 is 1.21 bits per heavy atom. The van der Waals surface area contributed by atoms with Gasteiger partial charge in [0.05, 0.1) is 6.61 Å². The molecule has 0 aromatic heterocycles. The topological polar surface area (TPSA) is 58.6 Å². The molecule has 0 atom stereocenters. The molecule has 0 spiro atoms. The van der Waals surface area contributed by atoms with E-state index in [0.717, 1.165) is 0 Å². The molecule has 1 amide bonds. The number of phenols is 1. The van der Waals surface area contributed by atoms with Crippen LogP contribution in [-0.4, -0.2) is 17.6 Å². The van der Waals surface area contributed by atoms with Crippen LogP contribution in [0.5, 0.6) is 11.5 Å². The van der Waals surface area contributed by atoms with Crippen LogP contribution >= 0.6 is 0 Å². The molecule has 4 heteroatoms. The summed E-state index contributed by atoms with van der Waals surface area (Å²) in [5.74, 6) is 0.620. The van der Waals surface area contributed by atoms with Crippen molar-refractivity contribution in [2.75, 3.05) is 11.9 Å². The largest absolute Gasteiger partial charge is 0.508 e. The van der Waals surface area contributed by atoms with Gasteiger partial charge in [0.25, 0.3) is 5.91 Å². The summed E-state index contributed by atoms with van der Waals surface area (Å²) in [5, 5.41) is 12.0. The highest BCUT2D eigenvalue weighted by molar-refractivity contribution is 6.04. The molecule has 4 nitrogen and oxygen atoms in total. The number of anilines is 1. The number of carbonyl (C=O) groups is 1. The van der Waals surface area contributed by atoms with E-state index in [2.05, 4.69) is 5.32 Å². The molecule has 0 saturated heterocycles. The molecule has 0 radical (unpaired) electrons. The van der Waals surface area contributed by atoms with Gasteiger partial charge in [-0.25, -0.2) is 0 Å². The van der Waals surface area contributed by atoms with Crippen molar-refractivity contribution in [1.82, 2.24) is 0 Å². The second-order valence-corrected chi connectivity index (χ2v) is 3.96. The van der Waals surface area contributed by atoms with Gasteiger partial charge in [0, 0.05) is 17.3 Å². The molecule has 2 aromatic carbocycles. The van der Waals surface area contributed by atoms with E-state index >= 15 is 0 Å². The summed E-state index contributed by atoms with van der Waals surface area (Å²) in [5.41, 5.74) is 1.16. The Bertz CT molecular complexity index is 564. The fourth-order valence-corrected chi connectivity index (χ4v) is 1.65. The molecule has 2 rings (SSSR count). The number of benzene rings is 2. The summed E-state index contributed by atoms with van der Waals surface area (Å²) in [4.78, 5) is 12.0. The summed E-state index contributed by atoms with van der Waals surface area (Å²) in [7, 11) is 0. The van der Waals surface area contributed by atoms with Gasteiger partial charge in [0.2, 0.25) is 0 Å². The number of hydrogen-bond acceptors (Lipinski definition) is 3. The van der Waals surface area contributed by atoms with Crippen molar-refractivity contribution < 1.29 is 14.6 Å². The first-order chi connectivity index (χ1) is 9.19. The summed E-state index contributed by atoms with van der Waals surface area (Å²) in [6.07, 6.45) is 0. The van der Waals surface area contributed by atoms with E-state index in [0.29, 0.717) is 23.6 Å². The number of hydrogen-bond donors (Lipinski definition) is 2. The third-order valence-electron chi connectivity index (χ3n) is 2.53. The van der Waals surface area contributed by atoms with Crippen molar-refractivity contribution in [1.29, 1.82) is 0 Å². The maximum Gasteiger partial charge on any atom is 0.255 e. The Hall–Kier alpha value is -2.49. The maximum absolute atomic E-state index is 12.0. The van der Waals surface area contributed by atoms with E-state index in [1.54, 1.807) is 24.3 Å². The zero-order valence-corrected chi connectivity index (χ0v) is 10.6. The van der Waals surface area contributed by atoms with Gasteiger partial charge >= 0.3 is 0 Å². The summed E-state index contributed by atoms with van der Waals surface area (Å²) in [6.45, 7) is 2.48. The minimum atomic E-state index is -0.228. The van der Waals surface area contributed by atoms with Crippen LogP contribution in [0.15, 0.2) is 48.5 Å². The molecule has 0 bridgehead atoms. The van der Waals surface area contributed by atoms with Crippen molar-refractivity contribution in [3.05, 3.63) is 54.1 Å². The Morgan fingerprint density at radius 3 is 2.63 bits per heavy atom. The molecule has 98 valence electrons. The van der Waals surface area contributed by atoms with Gasteiger partial charge in [-0.05, 0) is 43.3 Å². The standard InChI is InChI=1S/C15H15NO3/c1-2-19-14-5-3-4-12(10-14)16-15(18)11-6-8-13(17)9-7-11/h3-10,17H,2H2,1H3,(H,16,18). The van der Waals surface area contributed by atoms with Crippen LogP contribution < -0.4 is 10.1 Å². The maximum atomic E-state index is 12.0. The first-order valence-electron chi connectivity index (χ1n) is 6.02. The Labute approximate surface area is 111 Å². The highest BCUT2D eigenvalue weighted by Gasteiger charge is 2.06. The highest BCUT2D eigenvalue weighted by Crippen LogP contribution is 2.18. The fourth-order valence-electron chi connectivity index (χ4n) is 1.65. The van der Waals surface area contributed by atoms with Gasteiger partial charge in [-0.1, -0.05) is 6.07 Å². The van der Waals surface area contributed by atoms with Gasteiger partial charge in [-0.3, -0.25) is 4.79 Å². The van der Waals surface area contributed by atoms with E-state index in [4.69, 9.17) is 4.74 Å². The van der Waals surface area contributed by atoms with E-state index in [-0.39, 0.29) is 11.7 Å². The third-order valence-corrected chi connectivity index (χ3v) is 2.53. The van der Waals surface area contributed by atoms with Gasteiger partial charge in [-0.15, -0.1) is 0 Å². The van der Waals surface area contributed by atoms with Crippen molar-refractivity contribution in [3.8, 4) is 11.5 Å². The van der Waals surface area contributed by atoms with Gasteiger partial charge in [0.1, 0.15) is 11.5 Å². The summed E-state index contributed by atoms with van der Waals surface area (Å²) in [6, 6.07) is 13.3. The predicted octanol–water partition coefficient (Wildman–Crippen LogP) is 3.04. The molecule has 0 saturated carbocycles. The molecule has 0 heterocycles. The third kappa shape index (κ3) is 3.48. The average molecular weight is 257 g/mol. The zero-order valence-electron chi connectivity index (χ0n) is 10.6. The molecular formula is C15H15NO3. The molecular weight excluding hydrogens is 242 g/mol. The quantitative estimate of drug-likeness (QED) is 0.885. The number of phenolic OH excluding ortho intramolecular Hbond substituents is 1. The predicted molar refractivity (Wildman–Crippen MR) is 73.7 cm³/mol. The second-order valence-electron chi connectivity index (χ2n) is 3.96. The molecule has 0 aliphatic rings. The van der Waals surface area contributed by atoms with Crippen LogP contribution in [0.2, 0.25) is 0 Å². The average Bonchev–Trinajstić information content (AvgIpc) is 2.40. The van der Waals surface area contributed by atoms with Crippen LogP contribution in [0.3, 0.4) is 0 Å². The van der Waals surface area contributed by atoms with Gasteiger partial charge < -0.3 is 15.2 Å². The van der Waals surface area contributed by atoms with Gasteiger partial charge in [0.15, 0.2) is 0 Å². The monoisotopic (exact) mass is 257 g/mol. The fraction of sp³-hybridized carbons (Fsp3) is 0.133. The highest BCUT2D eigenvalue weighted by atomic mass is 16.5. The minimum Gasteiger partial charge on any atom is -0.508 e. The lowest BCUT2D eigenvalue weighted by Gasteiger charge is -2.08. The summed E-state index contributed by atoms with van der Waals surface area (Å²) >= 11 is 0. The summed E-state index contributed by atoms with van der Waals surface area (Å²) < 4.78 is 5.37. The van der Waals surface area contributed by atoms with Crippen LogP contribution in [0.1, 0.15) is 17.3 Å². The lowest BCUT2D eigenvalue weighted by Crippen LogP contribution is -2.11. The van der Waals surface area contributed by atoms with Crippen LogP contribution in [-0.2, 0) is 0 Å². The Morgan fingerprint density at radius 2 is 1.95 bits per heavy atom. The smallest absolute Gasteiger partial charge is 0.255 e. The van der Waals surface area contributed by atoms with E-state index < -0.39 is 0 Å². The second kappa shape index (κ2) is 5.91. The van der Waals surface area contributed by atoms with Crippen molar-refractivity contribution in [2.45, 2.75) is 6.92 Å². The number of rotatable bonds is 4. The molecule has 2 aromatic rings. The first-order valence-corrected chi connectivity index (χ1v) is 6.02.